The van der Waals surface area contributed by atoms with Gasteiger partial charge in [0.25, 0.3) is 0 Å². The van der Waals surface area contributed by atoms with E-state index in [1.807, 2.05) is 12.1 Å². The lowest BCUT2D eigenvalue weighted by atomic mass is 10.2. The van der Waals surface area contributed by atoms with E-state index >= 15 is 0 Å². The molecule has 0 spiro atoms. The van der Waals surface area contributed by atoms with Gasteiger partial charge in [-0.3, -0.25) is 0 Å². The number of amidine groups is 1. The smallest absolute Gasteiger partial charge is 0.171 e. The normalized spacial score (nSPS) is 17.7. The monoisotopic (exact) mass is 285 g/mol. The van der Waals surface area contributed by atoms with Crippen LogP contribution in [0.25, 0.3) is 0 Å². The van der Waals surface area contributed by atoms with E-state index in [9.17, 15) is 0 Å². The van der Waals surface area contributed by atoms with Crippen LogP contribution in [0.2, 0.25) is 0 Å². The third-order valence-electron chi connectivity index (χ3n) is 3.19. The largest absolute Gasteiger partial charge is 0.409 e. The van der Waals surface area contributed by atoms with Crippen molar-refractivity contribution in [2.24, 2.45) is 10.9 Å². The first-order chi connectivity index (χ1) is 8.70. The number of halogens is 1. The minimum absolute atomic E-state index is 0. The van der Waals surface area contributed by atoms with E-state index in [1.54, 1.807) is 6.20 Å². The van der Waals surface area contributed by atoms with Gasteiger partial charge < -0.3 is 20.7 Å². The summed E-state index contributed by atoms with van der Waals surface area (Å²) in [6.45, 7) is 4.16. The van der Waals surface area contributed by atoms with Crippen molar-refractivity contribution in [2.75, 3.05) is 38.1 Å². The summed E-state index contributed by atoms with van der Waals surface area (Å²) >= 11 is 0. The first kappa shape index (κ1) is 15.5. The quantitative estimate of drug-likeness (QED) is 0.363. The molecule has 106 valence electrons. The van der Waals surface area contributed by atoms with Gasteiger partial charge in [0.1, 0.15) is 5.82 Å². The Kier molecular flexibility index (Phi) is 5.85. The summed E-state index contributed by atoms with van der Waals surface area (Å²) in [5, 5.41) is 11.6. The number of pyridine rings is 1. The molecule has 1 aliphatic rings. The minimum Gasteiger partial charge on any atom is -0.409 e. The molecule has 2 heterocycles. The molecule has 0 radical (unpaired) electrons. The topological polar surface area (TPSA) is 78.0 Å². The third-order valence-corrected chi connectivity index (χ3v) is 3.19. The Bertz CT molecular complexity index is 423. The molecule has 0 saturated carbocycles. The maximum atomic E-state index is 8.59. The summed E-state index contributed by atoms with van der Waals surface area (Å²) in [6, 6.07) is 3.74. The molecule has 7 heteroatoms. The minimum atomic E-state index is 0. The van der Waals surface area contributed by atoms with Gasteiger partial charge in [0, 0.05) is 31.4 Å². The van der Waals surface area contributed by atoms with Crippen LogP contribution in [0.1, 0.15) is 12.0 Å². The highest BCUT2D eigenvalue weighted by atomic mass is 35.5. The Labute approximate surface area is 119 Å². The number of likely N-dealkylation sites (N-methyl/N-ethyl adjacent to an activating group) is 1. The fourth-order valence-corrected chi connectivity index (χ4v) is 2.06. The van der Waals surface area contributed by atoms with E-state index in [2.05, 4.69) is 27.0 Å². The van der Waals surface area contributed by atoms with Crippen LogP contribution in [-0.4, -0.2) is 54.2 Å². The average Bonchev–Trinajstić information content (AvgIpc) is 2.63. The van der Waals surface area contributed by atoms with E-state index < -0.39 is 0 Å². The number of anilines is 1. The molecule has 0 amide bonds. The van der Waals surface area contributed by atoms with E-state index in [-0.39, 0.29) is 18.2 Å². The van der Waals surface area contributed by atoms with Crippen LogP contribution in [0.3, 0.4) is 0 Å². The summed E-state index contributed by atoms with van der Waals surface area (Å²) in [4.78, 5) is 8.96. The molecule has 0 atom stereocenters. The number of nitrogens with zero attached hydrogens (tertiary/aromatic N) is 4. The fraction of sp³-hybridized carbons (Fsp3) is 0.500. The van der Waals surface area contributed by atoms with Crippen LogP contribution in [0.15, 0.2) is 23.5 Å². The maximum absolute atomic E-state index is 8.59. The predicted octanol–water partition coefficient (Wildman–Crippen LogP) is 0.740. The van der Waals surface area contributed by atoms with E-state index in [0.717, 1.165) is 38.4 Å². The summed E-state index contributed by atoms with van der Waals surface area (Å²) in [5.74, 6) is 1.03. The molecule has 0 unspecified atom stereocenters. The van der Waals surface area contributed by atoms with Gasteiger partial charge in [-0.1, -0.05) is 5.16 Å². The average molecular weight is 286 g/mol. The molecule has 6 nitrogen and oxygen atoms in total. The lowest BCUT2D eigenvalue weighted by Gasteiger charge is -2.21. The number of rotatable bonds is 2. The van der Waals surface area contributed by atoms with Crippen molar-refractivity contribution >= 4 is 24.1 Å². The van der Waals surface area contributed by atoms with Crippen LogP contribution in [0, 0.1) is 0 Å². The second kappa shape index (κ2) is 7.16. The van der Waals surface area contributed by atoms with Crippen LogP contribution in [0.4, 0.5) is 5.82 Å². The van der Waals surface area contributed by atoms with Crippen molar-refractivity contribution in [3.05, 3.63) is 23.9 Å². The molecule has 0 aliphatic carbocycles. The number of hydrogen-bond donors (Lipinski definition) is 2. The highest BCUT2D eigenvalue weighted by Gasteiger charge is 2.13. The van der Waals surface area contributed by atoms with Crippen molar-refractivity contribution in [1.82, 2.24) is 9.88 Å². The molecular weight excluding hydrogens is 266 g/mol. The van der Waals surface area contributed by atoms with Crippen molar-refractivity contribution in [3.8, 4) is 0 Å². The molecule has 1 aromatic heterocycles. The van der Waals surface area contributed by atoms with Crippen molar-refractivity contribution in [3.63, 3.8) is 0 Å². The van der Waals surface area contributed by atoms with E-state index in [0.29, 0.717) is 5.56 Å². The van der Waals surface area contributed by atoms with Gasteiger partial charge in [-0.05, 0) is 32.1 Å². The summed E-state index contributed by atoms with van der Waals surface area (Å²) in [7, 11) is 2.14. The second-order valence-corrected chi connectivity index (χ2v) is 4.53. The Morgan fingerprint density at radius 1 is 1.32 bits per heavy atom. The zero-order valence-corrected chi connectivity index (χ0v) is 11.8. The standard InChI is InChI=1S/C12H19N5O.ClH/c1-16-5-2-6-17(8-7-16)11-4-3-10(9-14-11)12(13)15-18;/h3-4,9,18H,2,5-8H2,1H3,(H2,13,15);1H. The maximum Gasteiger partial charge on any atom is 0.171 e. The summed E-state index contributed by atoms with van der Waals surface area (Å²) in [6.07, 6.45) is 2.78. The number of aromatic nitrogens is 1. The summed E-state index contributed by atoms with van der Waals surface area (Å²) in [5.41, 5.74) is 6.14. The van der Waals surface area contributed by atoms with Crippen molar-refractivity contribution in [1.29, 1.82) is 0 Å². The van der Waals surface area contributed by atoms with Crippen LogP contribution < -0.4 is 10.6 Å². The zero-order chi connectivity index (χ0) is 13.0. The highest BCUT2D eigenvalue weighted by Crippen LogP contribution is 2.13. The molecule has 19 heavy (non-hydrogen) atoms. The lowest BCUT2D eigenvalue weighted by molar-refractivity contribution is 0.318. The molecule has 1 aromatic rings. The van der Waals surface area contributed by atoms with E-state index in [1.165, 1.54) is 0 Å². The first-order valence-electron chi connectivity index (χ1n) is 6.08. The molecule has 1 fully saturated rings. The molecular formula is C12H20ClN5O. The van der Waals surface area contributed by atoms with Crippen LogP contribution in [0.5, 0.6) is 0 Å². The molecule has 1 saturated heterocycles. The lowest BCUT2D eigenvalue weighted by Crippen LogP contribution is -2.29. The number of oxime groups is 1. The van der Waals surface area contributed by atoms with E-state index in [4.69, 9.17) is 10.9 Å². The van der Waals surface area contributed by atoms with Crippen molar-refractivity contribution in [2.45, 2.75) is 6.42 Å². The Balaban J connectivity index is 0.00000180. The van der Waals surface area contributed by atoms with Gasteiger partial charge in [-0.2, -0.15) is 0 Å². The second-order valence-electron chi connectivity index (χ2n) is 4.53. The first-order valence-corrected chi connectivity index (χ1v) is 6.08. The zero-order valence-electron chi connectivity index (χ0n) is 11.0. The van der Waals surface area contributed by atoms with Gasteiger partial charge >= 0.3 is 0 Å². The van der Waals surface area contributed by atoms with Gasteiger partial charge in [-0.25, -0.2) is 4.98 Å². The third kappa shape index (κ3) is 3.97. The Hall–Kier alpha value is -1.53. The van der Waals surface area contributed by atoms with Gasteiger partial charge in [-0.15, -0.1) is 12.4 Å². The van der Waals surface area contributed by atoms with Crippen LogP contribution in [-0.2, 0) is 0 Å². The van der Waals surface area contributed by atoms with Gasteiger partial charge in [0.2, 0.25) is 0 Å². The molecule has 0 bridgehead atoms. The van der Waals surface area contributed by atoms with Crippen LogP contribution >= 0.6 is 12.4 Å². The Morgan fingerprint density at radius 2 is 2.11 bits per heavy atom. The molecule has 3 N–H and O–H groups in total. The summed E-state index contributed by atoms with van der Waals surface area (Å²) < 4.78 is 0. The number of nitrogens with two attached hydrogens (primary N) is 1. The number of hydrogen-bond acceptors (Lipinski definition) is 5. The van der Waals surface area contributed by atoms with Gasteiger partial charge in [0.05, 0.1) is 0 Å². The molecule has 2 rings (SSSR count). The SMILES string of the molecule is CN1CCCN(c2ccc(/C(N)=N/O)cn2)CC1.Cl. The Morgan fingerprint density at radius 3 is 2.74 bits per heavy atom. The fourth-order valence-electron chi connectivity index (χ4n) is 2.06. The van der Waals surface area contributed by atoms with Crippen molar-refractivity contribution < 1.29 is 5.21 Å². The molecule has 0 aromatic carbocycles. The van der Waals surface area contributed by atoms with Gasteiger partial charge in [0.15, 0.2) is 5.84 Å². The predicted molar refractivity (Wildman–Crippen MR) is 78.3 cm³/mol. The molecule has 1 aliphatic heterocycles. The highest BCUT2D eigenvalue weighted by molar-refractivity contribution is 5.96.